The lowest BCUT2D eigenvalue weighted by Gasteiger charge is -2.30. The molecule has 15 nitrogen and oxygen atoms in total. The molecule has 0 saturated carbocycles. The molecule has 286 valence electrons. The van der Waals surface area contributed by atoms with Gasteiger partial charge in [-0.25, -0.2) is 9.97 Å². The Morgan fingerprint density at radius 1 is 0.868 bits per heavy atom. The van der Waals surface area contributed by atoms with Gasteiger partial charge in [-0.3, -0.25) is 20.4 Å². The van der Waals surface area contributed by atoms with E-state index in [9.17, 15) is 25.2 Å². The first kappa shape index (κ1) is 41.2. The number of carbonyl (C=O) groups excluding carboxylic acids is 1. The van der Waals surface area contributed by atoms with Crippen LogP contribution in [0.15, 0.2) is 66.7 Å². The summed E-state index contributed by atoms with van der Waals surface area (Å²) in [5, 5.41) is 65.5. The number of nitrogens with two attached hydrogens (primary N) is 2. The standard InChI is InChI=1S/C37H49ClN8O7/c38-33-35(40)44-34(39)30(43-33)36(52)45-37(41)42-17-4-3-7-23-13-15-26(16-14-23)53-20-19-46(21-28(48)31(50)32(51)29(49)22-47)18-6-11-25-10-5-9-24-8-1-2-12-27(24)25/h1-2,5,8-10,12-16,28-29,31-32,47-51H,3-4,6-7,11,17-22H2,(H4,39,40,44)(H3,41,42,45,52). The van der Waals surface area contributed by atoms with Gasteiger partial charge in [-0.15, -0.1) is 0 Å². The van der Waals surface area contributed by atoms with Crippen molar-refractivity contribution >= 4 is 45.9 Å². The van der Waals surface area contributed by atoms with E-state index in [1.165, 1.54) is 10.9 Å². The summed E-state index contributed by atoms with van der Waals surface area (Å²) >= 11 is 5.82. The van der Waals surface area contributed by atoms with E-state index >= 15 is 0 Å². The molecule has 16 heteroatoms. The Morgan fingerprint density at radius 3 is 2.34 bits per heavy atom. The summed E-state index contributed by atoms with van der Waals surface area (Å²) in [5.74, 6) is -0.551. The third-order valence-corrected chi connectivity index (χ3v) is 9.00. The van der Waals surface area contributed by atoms with Crippen molar-refractivity contribution < 1.29 is 35.1 Å². The highest BCUT2D eigenvalue weighted by atomic mass is 35.5. The first-order chi connectivity index (χ1) is 25.5. The topological polar surface area (TPSA) is 256 Å². The lowest BCUT2D eigenvalue weighted by atomic mass is 10.0. The predicted octanol–water partition coefficient (Wildman–Crippen LogP) is 1.47. The predicted molar refractivity (Wildman–Crippen MR) is 204 cm³/mol. The van der Waals surface area contributed by atoms with E-state index in [4.69, 9.17) is 38.3 Å². The Balaban J connectivity index is 1.21. The van der Waals surface area contributed by atoms with Gasteiger partial charge in [-0.2, -0.15) is 0 Å². The third kappa shape index (κ3) is 12.5. The van der Waals surface area contributed by atoms with Crippen molar-refractivity contribution in [3.8, 4) is 5.75 Å². The molecule has 0 saturated heterocycles. The highest BCUT2D eigenvalue weighted by Crippen LogP contribution is 2.21. The van der Waals surface area contributed by atoms with Crippen molar-refractivity contribution in [2.75, 3.05) is 50.9 Å². The molecule has 3 aromatic carbocycles. The van der Waals surface area contributed by atoms with E-state index in [1.54, 1.807) is 0 Å². The van der Waals surface area contributed by atoms with Crippen LogP contribution >= 0.6 is 11.6 Å². The Hall–Kier alpha value is -4.61. The maximum absolute atomic E-state index is 12.4. The third-order valence-electron chi connectivity index (χ3n) is 8.72. The Morgan fingerprint density at radius 2 is 1.58 bits per heavy atom. The Bertz CT molecular complexity index is 1780. The second kappa shape index (κ2) is 20.6. The Kier molecular flexibility index (Phi) is 16.0. The van der Waals surface area contributed by atoms with E-state index in [0.717, 1.165) is 43.1 Å². The number of aliphatic hydroxyl groups is 5. The van der Waals surface area contributed by atoms with Crippen molar-refractivity contribution in [3.05, 3.63) is 88.7 Å². The van der Waals surface area contributed by atoms with Gasteiger partial charge in [0, 0.05) is 19.6 Å². The van der Waals surface area contributed by atoms with Crippen LogP contribution in [0.4, 0.5) is 11.6 Å². The second-order valence-electron chi connectivity index (χ2n) is 12.7. The van der Waals surface area contributed by atoms with Gasteiger partial charge in [0.2, 0.25) is 0 Å². The summed E-state index contributed by atoms with van der Waals surface area (Å²) in [5.41, 5.74) is 13.3. The molecule has 1 amide bonds. The van der Waals surface area contributed by atoms with Crippen LogP contribution < -0.4 is 26.8 Å². The summed E-state index contributed by atoms with van der Waals surface area (Å²) in [7, 11) is 0. The molecular formula is C37H49ClN8O7. The molecule has 4 unspecified atom stereocenters. The quantitative estimate of drug-likeness (QED) is 0.0349. The molecule has 0 bridgehead atoms. The molecule has 0 aliphatic heterocycles. The van der Waals surface area contributed by atoms with Crippen molar-refractivity contribution in [2.24, 2.45) is 0 Å². The number of halogens is 1. The minimum Gasteiger partial charge on any atom is -0.492 e. The van der Waals surface area contributed by atoms with E-state index in [0.29, 0.717) is 32.0 Å². The lowest BCUT2D eigenvalue weighted by Crippen LogP contribution is -2.50. The molecule has 53 heavy (non-hydrogen) atoms. The highest BCUT2D eigenvalue weighted by Gasteiger charge is 2.31. The van der Waals surface area contributed by atoms with Crippen molar-refractivity contribution in [2.45, 2.75) is 56.5 Å². The van der Waals surface area contributed by atoms with Gasteiger partial charge in [0.25, 0.3) is 5.91 Å². The van der Waals surface area contributed by atoms with E-state index in [1.807, 2.05) is 47.4 Å². The summed E-state index contributed by atoms with van der Waals surface area (Å²) in [6, 6.07) is 22.1. The van der Waals surface area contributed by atoms with Crippen molar-refractivity contribution in [1.82, 2.24) is 25.5 Å². The number of anilines is 2. The average Bonchev–Trinajstić information content (AvgIpc) is 3.15. The van der Waals surface area contributed by atoms with Crippen LogP contribution in [0.5, 0.6) is 5.75 Å². The zero-order valence-electron chi connectivity index (χ0n) is 29.4. The maximum atomic E-state index is 12.4. The minimum absolute atomic E-state index is 0.0235. The van der Waals surface area contributed by atoms with Crippen LogP contribution in [-0.2, 0) is 12.8 Å². The number of nitrogens with zero attached hydrogens (tertiary/aromatic N) is 3. The number of aliphatic hydroxyl groups excluding tert-OH is 5. The number of benzene rings is 3. The van der Waals surface area contributed by atoms with Gasteiger partial charge in [-0.05, 0) is 72.7 Å². The minimum atomic E-state index is -1.70. The fourth-order valence-electron chi connectivity index (χ4n) is 5.77. The lowest BCUT2D eigenvalue weighted by molar-refractivity contribution is -0.119. The largest absolute Gasteiger partial charge is 0.492 e. The fraction of sp³-hybridized carbons (Fsp3) is 0.405. The molecular weight excluding hydrogens is 704 g/mol. The smallest absolute Gasteiger partial charge is 0.280 e. The number of aryl methyl sites for hydroxylation is 2. The zero-order valence-corrected chi connectivity index (χ0v) is 30.1. The molecule has 12 N–H and O–H groups in total. The number of ether oxygens (including phenoxy) is 1. The number of carbonyl (C=O) groups is 1. The van der Waals surface area contributed by atoms with Gasteiger partial charge in [0.1, 0.15) is 30.7 Å². The number of guanidine groups is 1. The number of rotatable bonds is 20. The van der Waals surface area contributed by atoms with E-state index in [-0.39, 0.29) is 35.0 Å². The zero-order chi connectivity index (χ0) is 38.3. The second-order valence-corrected chi connectivity index (χ2v) is 13.0. The van der Waals surface area contributed by atoms with Crippen LogP contribution in [0.2, 0.25) is 5.15 Å². The average molecular weight is 753 g/mol. The first-order valence-corrected chi connectivity index (χ1v) is 17.8. The fourth-order valence-corrected chi connectivity index (χ4v) is 5.90. The van der Waals surface area contributed by atoms with Crippen molar-refractivity contribution in [3.63, 3.8) is 0 Å². The summed E-state index contributed by atoms with van der Waals surface area (Å²) in [4.78, 5) is 21.9. The van der Waals surface area contributed by atoms with Gasteiger partial charge < -0.3 is 47.1 Å². The van der Waals surface area contributed by atoms with Gasteiger partial charge >= 0.3 is 0 Å². The molecule has 0 aliphatic rings. The molecule has 0 aliphatic carbocycles. The Labute approximate surface area is 313 Å². The molecule has 1 heterocycles. The SMILES string of the molecule is N=C(NCCCCc1ccc(OCCN(CCCc2cccc3ccccc23)CC(O)C(O)C(O)C(O)CO)cc1)NC(=O)c1nc(Cl)c(N)nc1N. The molecule has 4 aromatic rings. The van der Waals surface area contributed by atoms with Crippen LogP contribution in [0.25, 0.3) is 10.8 Å². The number of amides is 1. The molecule has 0 spiro atoms. The number of fused-ring (bicyclic) bond motifs is 1. The maximum Gasteiger partial charge on any atom is 0.280 e. The monoisotopic (exact) mass is 752 g/mol. The molecule has 4 rings (SSSR count). The van der Waals surface area contributed by atoms with E-state index in [2.05, 4.69) is 44.9 Å². The van der Waals surface area contributed by atoms with Crippen LogP contribution in [0.3, 0.4) is 0 Å². The van der Waals surface area contributed by atoms with Crippen LogP contribution in [0.1, 0.15) is 40.9 Å². The number of nitrogen functional groups attached to an aromatic ring is 2. The molecule has 4 atom stereocenters. The summed E-state index contributed by atoms with van der Waals surface area (Å²) in [6.07, 6.45) is -2.37. The normalized spacial score (nSPS) is 13.7. The van der Waals surface area contributed by atoms with Gasteiger partial charge in [-0.1, -0.05) is 66.2 Å². The van der Waals surface area contributed by atoms with Crippen LogP contribution in [-0.4, -0.2) is 116 Å². The van der Waals surface area contributed by atoms with Gasteiger partial charge in [0.05, 0.1) is 12.7 Å². The van der Waals surface area contributed by atoms with E-state index < -0.39 is 36.9 Å². The number of hydrogen-bond donors (Lipinski definition) is 10. The number of hydrogen-bond acceptors (Lipinski definition) is 13. The number of unbranched alkanes of at least 4 members (excludes halogenated alkanes) is 1. The van der Waals surface area contributed by atoms with Crippen LogP contribution in [0, 0.1) is 5.41 Å². The van der Waals surface area contributed by atoms with Gasteiger partial charge in [0.15, 0.2) is 28.4 Å². The van der Waals surface area contributed by atoms with Crippen molar-refractivity contribution in [1.29, 1.82) is 5.41 Å². The molecule has 1 aromatic heterocycles. The first-order valence-electron chi connectivity index (χ1n) is 17.4. The summed E-state index contributed by atoms with van der Waals surface area (Å²) < 4.78 is 6.01. The number of aromatic nitrogens is 2. The number of nitrogens with one attached hydrogen (secondary N) is 3. The molecule has 0 radical (unpaired) electrons. The molecule has 0 fully saturated rings. The highest BCUT2D eigenvalue weighted by molar-refractivity contribution is 6.31. The summed E-state index contributed by atoms with van der Waals surface area (Å²) in [6.45, 7) is 1.04.